The minimum atomic E-state index is 0.132. The van der Waals surface area contributed by atoms with Gasteiger partial charge in [-0.15, -0.1) is 0 Å². The van der Waals surface area contributed by atoms with Crippen LogP contribution >= 0.6 is 27.5 Å². The Balaban J connectivity index is 2.85. The molecule has 0 spiro atoms. The Bertz CT molecular complexity index is 357. The maximum absolute atomic E-state index is 6.30. The van der Waals surface area contributed by atoms with Crippen LogP contribution in [0.15, 0.2) is 22.7 Å². The predicted molar refractivity (Wildman–Crippen MR) is 76.7 cm³/mol. The average Bonchev–Trinajstić information content (AvgIpc) is 2.28. The molecule has 1 N–H and O–H groups in total. The second-order valence-corrected chi connectivity index (χ2v) is 5.37. The normalized spacial score (nSPS) is 13.1. The SMILES string of the molecule is CCNC(COC(C)C)c1cccc(Br)c1Cl. The summed E-state index contributed by atoms with van der Waals surface area (Å²) in [5.41, 5.74) is 1.07. The van der Waals surface area contributed by atoms with Crippen molar-refractivity contribution >= 4 is 27.5 Å². The van der Waals surface area contributed by atoms with Crippen LogP contribution < -0.4 is 5.32 Å². The number of likely N-dealkylation sites (N-methyl/N-ethyl adjacent to an activating group) is 1. The molecule has 0 saturated heterocycles. The molecule has 0 aliphatic carbocycles. The summed E-state index contributed by atoms with van der Waals surface area (Å²) >= 11 is 9.74. The minimum Gasteiger partial charge on any atom is -0.377 e. The van der Waals surface area contributed by atoms with Gasteiger partial charge < -0.3 is 10.1 Å². The maximum Gasteiger partial charge on any atom is 0.0665 e. The highest BCUT2D eigenvalue weighted by Crippen LogP contribution is 2.30. The van der Waals surface area contributed by atoms with Crippen LogP contribution in [0, 0.1) is 0 Å². The summed E-state index contributed by atoms with van der Waals surface area (Å²) in [7, 11) is 0. The lowest BCUT2D eigenvalue weighted by Gasteiger charge is -2.21. The average molecular weight is 321 g/mol. The summed E-state index contributed by atoms with van der Waals surface area (Å²) in [4.78, 5) is 0. The van der Waals surface area contributed by atoms with E-state index in [1.807, 2.05) is 32.0 Å². The number of rotatable bonds is 6. The van der Waals surface area contributed by atoms with Gasteiger partial charge in [-0.1, -0.05) is 30.7 Å². The second kappa shape index (κ2) is 7.37. The lowest BCUT2D eigenvalue weighted by Crippen LogP contribution is -2.27. The third-order valence-electron chi connectivity index (χ3n) is 2.40. The van der Waals surface area contributed by atoms with Crippen molar-refractivity contribution in [1.29, 1.82) is 0 Å². The molecule has 0 bridgehead atoms. The van der Waals surface area contributed by atoms with Crippen LogP contribution in [0.25, 0.3) is 0 Å². The molecule has 0 amide bonds. The summed E-state index contributed by atoms with van der Waals surface area (Å²) in [6.07, 6.45) is 0.224. The predicted octanol–water partition coefficient (Wildman–Crippen LogP) is 4.18. The Labute approximate surface area is 117 Å². The Morgan fingerprint density at radius 2 is 2.12 bits per heavy atom. The number of nitrogens with one attached hydrogen (secondary N) is 1. The van der Waals surface area contributed by atoms with Crippen LogP contribution in [0.4, 0.5) is 0 Å². The van der Waals surface area contributed by atoms with Crippen molar-refractivity contribution in [2.45, 2.75) is 32.9 Å². The molecule has 0 fully saturated rings. The van der Waals surface area contributed by atoms with Crippen LogP contribution in [0.3, 0.4) is 0 Å². The van der Waals surface area contributed by atoms with E-state index in [0.717, 1.165) is 21.6 Å². The first kappa shape index (κ1) is 15.0. The van der Waals surface area contributed by atoms with Gasteiger partial charge in [-0.25, -0.2) is 0 Å². The van der Waals surface area contributed by atoms with Gasteiger partial charge in [-0.2, -0.15) is 0 Å². The zero-order valence-corrected chi connectivity index (χ0v) is 12.8. The summed E-state index contributed by atoms with van der Waals surface area (Å²) in [6, 6.07) is 6.10. The highest BCUT2D eigenvalue weighted by atomic mass is 79.9. The first-order valence-electron chi connectivity index (χ1n) is 5.85. The molecule has 2 nitrogen and oxygen atoms in total. The van der Waals surface area contributed by atoms with Gasteiger partial charge in [0.15, 0.2) is 0 Å². The van der Waals surface area contributed by atoms with Gasteiger partial charge in [0.2, 0.25) is 0 Å². The van der Waals surface area contributed by atoms with Crippen molar-refractivity contribution in [1.82, 2.24) is 5.32 Å². The van der Waals surface area contributed by atoms with Crippen molar-refractivity contribution in [3.8, 4) is 0 Å². The fourth-order valence-corrected chi connectivity index (χ4v) is 2.22. The van der Waals surface area contributed by atoms with E-state index in [1.54, 1.807) is 0 Å². The number of halogens is 2. The maximum atomic E-state index is 6.30. The van der Waals surface area contributed by atoms with Gasteiger partial charge in [0.05, 0.1) is 23.8 Å². The number of hydrogen-bond acceptors (Lipinski definition) is 2. The molecule has 4 heteroatoms. The molecule has 1 rings (SSSR count). The quantitative estimate of drug-likeness (QED) is 0.849. The summed E-state index contributed by atoms with van der Waals surface area (Å²) in [5, 5.41) is 4.15. The third-order valence-corrected chi connectivity index (χ3v) is 3.71. The molecule has 0 aliphatic heterocycles. The molecule has 0 aromatic heterocycles. The lowest BCUT2D eigenvalue weighted by atomic mass is 10.1. The van der Waals surface area contributed by atoms with Gasteiger partial charge in [-0.3, -0.25) is 0 Å². The largest absolute Gasteiger partial charge is 0.377 e. The number of benzene rings is 1. The fourth-order valence-electron chi connectivity index (χ4n) is 1.58. The van der Waals surface area contributed by atoms with Gasteiger partial charge in [0.1, 0.15) is 0 Å². The van der Waals surface area contributed by atoms with Crippen molar-refractivity contribution in [3.05, 3.63) is 33.3 Å². The summed E-state index contributed by atoms with van der Waals surface area (Å²) in [6.45, 7) is 7.65. The molecule has 1 aromatic rings. The van der Waals surface area contributed by atoms with Gasteiger partial charge >= 0.3 is 0 Å². The molecule has 1 aromatic carbocycles. The van der Waals surface area contributed by atoms with Crippen LogP contribution in [-0.2, 0) is 4.74 Å². The molecule has 0 aliphatic rings. The molecule has 0 heterocycles. The second-order valence-electron chi connectivity index (χ2n) is 4.14. The van der Waals surface area contributed by atoms with Crippen molar-refractivity contribution < 1.29 is 4.74 Å². The van der Waals surface area contributed by atoms with Crippen LogP contribution in [-0.4, -0.2) is 19.3 Å². The number of ether oxygens (including phenoxy) is 1. The fraction of sp³-hybridized carbons (Fsp3) is 0.538. The van der Waals surface area contributed by atoms with E-state index in [9.17, 15) is 0 Å². The lowest BCUT2D eigenvalue weighted by molar-refractivity contribution is 0.0614. The highest BCUT2D eigenvalue weighted by Gasteiger charge is 2.15. The first-order chi connectivity index (χ1) is 8.06. The van der Waals surface area contributed by atoms with Crippen molar-refractivity contribution in [3.63, 3.8) is 0 Å². The Hall–Kier alpha value is -0.0900. The standard InChI is InChI=1S/C13H19BrClNO/c1-4-16-12(8-17-9(2)3)10-6-5-7-11(14)13(10)15/h5-7,9,12,16H,4,8H2,1-3H3. The Kier molecular flexibility index (Phi) is 6.49. The number of hydrogen-bond donors (Lipinski definition) is 1. The molecule has 1 atom stereocenters. The molecular formula is C13H19BrClNO. The van der Waals surface area contributed by atoms with Gasteiger partial charge in [0, 0.05) is 4.47 Å². The van der Waals surface area contributed by atoms with E-state index < -0.39 is 0 Å². The van der Waals surface area contributed by atoms with Gasteiger partial charge in [0.25, 0.3) is 0 Å². The van der Waals surface area contributed by atoms with E-state index in [-0.39, 0.29) is 12.1 Å². The van der Waals surface area contributed by atoms with Crippen LogP contribution in [0.1, 0.15) is 32.4 Å². The molecular weight excluding hydrogens is 302 g/mol. The van der Waals surface area contributed by atoms with E-state index in [2.05, 4.69) is 28.2 Å². The topological polar surface area (TPSA) is 21.3 Å². The molecule has 96 valence electrons. The first-order valence-corrected chi connectivity index (χ1v) is 7.02. The van der Waals surface area contributed by atoms with Crippen molar-refractivity contribution in [2.24, 2.45) is 0 Å². The van der Waals surface area contributed by atoms with Gasteiger partial charge in [-0.05, 0) is 48.0 Å². The van der Waals surface area contributed by atoms with E-state index in [4.69, 9.17) is 16.3 Å². The minimum absolute atomic E-state index is 0.132. The zero-order valence-electron chi connectivity index (χ0n) is 10.5. The summed E-state index contributed by atoms with van der Waals surface area (Å²) < 4.78 is 6.59. The monoisotopic (exact) mass is 319 g/mol. The molecule has 17 heavy (non-hydrogen) atoms. The Morgan fingerprint density at radius 3 is 2.71 bits per heavy atom. The zero-order chi connectivity index (χ0) is 12.8. The van der Waals surface area contributed by atoms with Crippen molar-refractivity contribution in [2.75, 3.05) is 13.2 Å². The Morgan fingerprint density at radius 1 is 1.41 bits per heavy atom. The van der Waals surface area contributed by atoms with E-state index >= 15 is 0 Å². The molecule has 0 saturated carbocycles. The molecule has 1 unspecified atom stereocenters. The summed E-state index contributed by atoms with van der Waals surface area (Å²) in [5.74, 6) is 0. The van der Waals surface area contributed by atoms with E-state index in [0.29, 0.717) is 6.61 Å². The third kappa shape index (κ3) is 4.59. The van der Waals surface area contributed by atoms with Crippen LogP contribution in [0.5, 0.6) is 0 Å². The van der Waals surface area contributed by atoms with E-state index in [1.165, 1.54) is 0 Å². The van der Waals surface area contributed by atoms with Crippen LogP contribution in [0.2, 0.25) is 5.02 Å². The molecule has 0 radical (unpaired) electrons. The smallest absolute Gasteiger partial charge is 0.0665 e. The highest BCUT2D eigenvalue weighted by molar-refractivity contribution is 9.10.